The molecular weight excluding hydrogens is 437 g/mol. The Labute approximate surface area is 203 Å². The van der Waals surface area contributed by atoms with Gasteiger partial charge in [0.1, 0.15) is 18.0 Å². The summed E-state index contributed by atoms with van der Waals surface area (Å²) in [6.45, 7) is 13.2. The first-order chi connectivity index (χ1) is 16.0. The van der Waals surface area contributed by atoms with Gasteiger partial charge in [-0.3, -0.25) is 9.59 Å². The Morgan fingerprint density at radius 2 is 1.71 bits per heavy atom. The number of benzene rings is 1. The van der Waals surface area contributed by atoms with Crippen molar-refractivity contribution in [2.24, 2.45) is 11.8 Å². The summed E-state index contributed by atoms with van der Waals surface area (Å²) in [6, 6.07) is 4.95. The number of fused-ring (bicyclic) bond motifs is 1. The van der Waals surface area contributed by atoms with Crippen molar-refractivity contribution in [3.63, 3.8) is 0 Å². The van der Waals surface area contributed by atoms with Crippen molar-refractivity contribution < 1.29 is 18.8 Å². The van der Waals surface area contributed by atoms with E-state index in [4.69, 9.17) is 0 Å². The van der Waals surface area contributed by atoms with Gasteiger partial charge in [0, 0.05) is 20.1 Å². The molecule has 1 N–H and O–H groups in total. The van der Waals surface area contributed by atoms with E-state index in [0.29, 0.717) is 6.54 Å². The molecule has 2 atom stereocenters. The van der Waals surface area contributed by atoms with Crippen LogP contribution in [0.5, 0.6) is 0 Å². The fourth-order valence-corrected chi connectivity index (χ4v) is 4.33. The van der Waals surface area contributed by atoms with Crippen LogP contribution in [0.1, 0.15) is 53.5 Å². The Morgan fingerprint density at radius 3 is 2.24 bits per heavy atom. The van der Waals surface area contributed by atoms with Crippen LogP contribution in [-0.4, -0.2) is 76.6 Å². The molecule has 2 aliphatic rings. The average molecular weight is 478 g/mol. The fraction of sp³-hybridized carbons (Fsp3) is 0.640. The monoisotopic (exact) mass is 477 g/mol. The summed E-state index contributed by atoms with van der Waals surface area (Å²) in [7, 11) is 1.69. The minimum Gasteiger partial charge on any atom is -0.337 e. The lowest BCUT2D eigenvalue weighted by Gasteiger charge is -2.55. The Bertz CT molecular complexity index is 845. The van der Waals surface area contributed by atoms with Gasteiger partial charge in [0.05, 0.1) is 13.1 Å². The van der Waals surface area contributed by atoms with Crippen LogP contribution in [0.3, 0.4) is 0 Å². The lowest BCUT2D eigenvalue weighted by Crippen LogP contribution is -2.76. The van der Waals surface area contributed by atoms with E-state index in [1.807, 2.05) is 27.7 Å². The van der Waals surface area contributed by atoms with Crippen LogP contribution in [0, 0.1) is 17.7 Å². The number of hydrazine groups is 1. The molecule has 2 heterocycles. The Morgan fingerprint density at radius 1 is 1.12 bits per heavy atom. The van der Waals surface area contributed by atoms with Crippen LogP contribution in [0.4, 0.5) is 9.18 Å². The number of rotatable bonds is 5. The molecular formula is C25H40FN5O3. The number of nitrogens with zero attached hydrogens (tertiary/aromatic N) is 4. The molecule has 4 amide bonds. The van der Waals surface area contributed by atoms with E-state index in [0.717, 1.165) is 5.56 Å². The van der Waals surface area contributed by atoms with E-state index < -0.39 is 12.2 Å². The molecule has 0 aromatic heterocycles. The highest BCUT2D eigenvalue weighted by Crippen LogP contribution is 2.29. The first kappa shape index (κ1) is 27.6. The molecule has 0 bridgehead atoms. The minimum absolute atomic E-state index is 0.0150. The summed E-state index contributed by atoms with van der Waals surface area (Å²) in [4.78, 5) is 42.6. The number of carbonyl (C=O) groups excluding carboxylic acids is 3. The van der Waals surface area contributed by atoms with Gasteiger partial charge in [-0.1, -0.05) is 60.1 Å². The molecule has 34 heavy (non-hydrogen) atoms. The highest BCUT2D eigenvalue weighted by Gasteiger charge is 2.51. The van der Waals surface area contributed by atoms with Gasteiger partial charge in [-0.2, -0.15) is 0 Å². The van der Waals surface area contributed by atoms with E-state index in [-0.39, 0.29) is 55.1 Å². The Balaban J connectivity index is 0.00000129. The molecule has 9 heteroatoms. The van der Waals surface area contributed by atoms with Crippen molar-refractivity contribution in [3.05, 3.63) is 35.6 Å². The van der Waals surface area contributed by atoms with Gasteiger partial charge in [-0.25, -0.2) is 19.2 Å². The number of carbonyl (C=O) groups is 3. The van der Waals surface area contributed by atoms with Crippen LogP contribution in [0.15, 0.2) is 24.3 Å². The zero-order valence-electron chi connectivity index (χ0n) is 21.5. The highest BCUT2D eigenvalue weighted by atomic mass is 19.1. The van der Waals surface area contributed by atoms with Crippen molar-refractivity contribution >= 4 is 17.8 Å². The number of likely N-dealkylation sites (N-methyl/N-ethyl adjacent to an activating group) is 1. The van der Waals surface area contributed by atoms with Crippen molar-refractivity contribution in [2.45, 2.75) is 66.7 Å². The molecule has 0 spiro atoms. The second-order valence-electron chi connectivity index (χ2n) is 9.76. The molecule has 1 aromatic carbocycles. The number of amides is 4. The van der Waals surface area contributed by atoms with E-state index in [1.165, 1.54) is 23.6 Å². The normalized spacial score (nSPS) is 20.9. The summed E-state index contributed by atoms with van der Waals surface area (Å²) in [5.74, 6) is -0.379. The largest absolute Gasteiger partial charge is 0.337 e. The number of nitrogens with one attached hydrogen (secondary N) is 1. The van der Waals surface area contributed by atoms with Crippen molar-refractivity contribution in [1.29, 1.82) is 0 Å². The molecule has 0 saturated carbocycles. The van der Waals surface area contributed by atoms with Gasteiger partial charge in [-0.15, -0.1) is 0 Å². The lowest BCUT2D eigenvalue weighted by atomic mass is 9.95. The molecule has 2 saturated heterocycles. The standard InChI is InChI=1S/C22H32FN5O3.C3H8/c1-14(2)11-26-12-18-27(20(15(3)4)21(26)30)19(29)13-25(5)28(18)22(31)24-10-16-6-8-17(23)9-7-16;1-3-2/h6-9,14-15,18,20H,10-13H2,1-5H3,(H,24,31);3H2,1-2H3/t18?,20-;/m0./s1. The maximum absolute atomic E-state index is 13.2. The maximum atomic E-state index is 13.2. The third kappa shape index (κ3) is 6.46. The summed E-state index contributed by atoms with van der Waals surface area (Å²) in [6.07, 6.45) is 0.670. The summed E-state index contributed by atoms with van der Waals surface area (Å²) in [5, 5.41) is 5.99. The molecule has 190 valence electrons. The molecule has 1 unspecified atom stereocenters. The molecule has 3 rings (SSSR count). The number of hydrogen-bond donors (Lipinski definition) is 1. The van der Waals surface area contributed by atoms with Crippen molar-refractivity contribution in [1.82, 2.24) is 25.1 Å². The molecule has 0 aliphatic carbocycles. The predicted molar refractivity (Wildman–Crippen MR) is 130 cm³/mol. The molecule has 2 aliphatic heterocycles. The molecule has 2 fully saturated rings. The van der Waals surface area contributed by atoms with E-state index in [2.05, 4.69) is 19.2 Å². The smallest absolute Gasteiger partial charge is 0.334 e. The Hall–Kier alpha value is -2.68. The second kappa shape index (κ2) is 12.1. The van der Waals surface area contributed by atoms with Gasteiger partial charge in [0.25, 0.3) is 0 Å². The third-order valence-corrected chi connectivity index (χ3v) is 5.65. The van der Waals surface area contributed by atoms with Gasteiger partial charge >= 0.3 is 6.03 Å². The summed E-state index contributed by atoms with van der Waals surface area (Å²) >= 11 is 0. The fourth-order valence-electron chi connectivity index (χ4n) is 4.33. The zero-order chi connectivity index (χ0) is 25.6. The van der Waals surface area contributed by atoms with E-state index in [9.17, 15) is 18.8 Å². The van der Waals surface area contributed by atoms with Crippen LogP contribution in [-0.2, 0) is 16.1 Å². The van der Waals surface area contributed by atoms with Crippen LogP contribution >= 0.6 is 0 Å². The number of halogens is 1. The van der Waals surface area contributed by atoms with Gasteiger partial charge in [0.15, 0.2) is 0 Å². The summed E-state index contributed by atoms with van der Waals surface area (Å²) in [5.41, 5.74) is 0.766. The molecule has 0 radical (unpaired) electrons. The third-order valence-electron chi connectivity index (χ3n) is 5.65. The predicted octanol–water partition coefficient (Wildman–Crippen LogP) is 3.29. The molecule has 8 nitrogen and oxygen atoms in total. The second-order valence-corrected chi connectivity index (χ2v) is 9.76. The van der Waals surface area contributed by atoms with Gasteiger partial charge in [0.2, 0.25) is 11.8 Å². The summed E-state index contributed by atoms with van der Waals surface area (Å²) < 4.78 is 13.1. The zero-order valence-corrected chi connectivity index (χ0v) is 21.5. The number of piperazine rings is 1. The average Bonchev–Trinajstić information content (AvgIpc) is 2.74. The first-order valence-electron chi connectivity index (χ1n) is 12.1. The minimum atomic E-state index is -0.605. The van der Waals surface area contributed by atoms with Gasteiger partial charge in [-0.05, 0) is 29.5 Å². The van der Waals surface area contributed by atoms with Gasteiger partial charge < -0.3 is 15.1 Å². The van der Waals surface area contributed by atoms with E-state index >= 15 is 0 Å². The highest BCUT2D eigenvalue weighted by molar-refractivity contribution is 5.91. The number of hydrogen-bond acceptors (Lipinski definition) is 4. The van der Waals surface area contributed by atoms with Crippen LogP contribution < -0.4 is 5.32 Å². The van der Waals surface area contributed by atoms with Crippen LogP contribution in [0.2, 0.25) is 0 Å². The van der Waals surface area contributed by atoms with Crippen LogP contribution in [0.25, 0.3) is 0 Å². The SMILES string of the molecule is CC(C)CN1CC2N(C(=O)CN(C)N2C(=O)NCc2ccc(F)cc2)[C@@H](C(C)C)C1=O.CCC. The topological polar surface area (TPSA) is 76.2 Å². The van der Waals surface area contributed by atoms with Crippen molar-refractivity contribution in [2.75, 3.05) is 26.7 Å². The Kier molecular flexibility index (Phi) is 9.85. The number of urea groups is 1. The first-order valence-corrected chi connectivity index (χ1v) is 12.1. The quantitative estimate of drug-likeness (QED) is 0.706. The van der Waals surface area contributed by atoms with E-state index in [1.54, 1.807) is 34.0 Å². The maximum Gasteiger partial charge on any atom is 0.334 e. The van der Waals surface area contributed by atoms with Crippen molar-refractivity contribution in [3.8, 4) is 0 Å². The lowest BCUT2D eigenvalue weighted by molar-refractivity contribution is -0.190. The molecule has 1 aromatic rings.